The van der Waals surface area contributed by atoms with E-state index in [2.05, 4.69) is 6.58 Å². The van der Waals surface area contributed by atoms with Crippen molar-refractivity contribution in [3.05, 3.63) is 12.7 Å². The van der Waals surface area contributed by atoms with Crippen molar-refractivity contribution >= 4 is 12.4 Å². The van der Waals surface area contributed by atoms with E-state index in [1.54, 1.807) is 0 Å². The molecule has 1 nitrogen and oxygen atoms in total. The van der Waals surface area contributed by atoms with E-state index >= 15 is 0 Å². The minimum absolute atomic E-state index is 0. The summed E-state index contributed by atoms with van der Waals surface area (Å²) in [4.78, 5) is 0. The zero-order valence-electron chi connectivity index (χ0n) is 7.80. The van der Waals surface area contributed by atoms with Crippen molar-refractivity contribution in [1.82, 2.24) is 0 Å². The molecular weight excluding hydrogens is 172 g/mol. The van der Waals surface area contributed by atoms with E-state index in [9.17, 15) is 0 Å². The molecule has 0 aromatic rings. The van der Waals surface area contributed by atoms with Gasteiger partial charge in [-0.25, -0.2) is 0 Å². The Balaban J connectivity index is 0. The molecule has 0 rings (SSSR count). The van der Waals surface area contributed by atoms with Crippen LogP contribution < -0.4 is 0 Å². The number of unbranched alkanes of at least 4 members (excludes halogenated alkanes) is 6. The van der Waals surface area contributed by atoms with E-state index in [4.69, 9.17) is 5.11 Å². The zero-order valence-corrected chi connectivity index (χ0v) is 8.61. The number of rotatable bonds is 8. The van der Waals surface area contributed by atoms with Crippen LogP contribution in [0.1, 0.15) is 44.9 Å². The van der Waals surface area contributed by atoms with Gasteiger partial charge < -0.3 is 5.11 Å². The maximum atomic E-state index is 8.49. The zero-order chi connectivity index (χ0) is 8.36. The van der Waals surface area contributed by atoms with Gasteiger partial charge in [0.2, 0.25) is 0 Å². The topological polar surface area (TPSA) is 20.2 Å². The predicted molar refractivity (Wildman–Crippen MR) is 56.8 cm³/mol. The molecule has 0 heterocycles. The Hall–Kier alpha value is -0.0100. The Morgan fingerprint density at radius 1 is 0.917 bits per heavy atom. The number of aliphatic hydroxyl groups excluding tert-OH is 1. The van der Waals surface area contributed by atoms with E-state index < -0.39 is 0 Å². The monoisotopic (exact) mass is 192 g/mol. The number of hydrogen-bond donors (Lipinski definition) is 1. The van der Waals surface area contributed by atoms with E-state index in [1.165, 1.54) is 32.1 Å². The fraction of sp³-hybridized carbons (Fsp3) is 0.800. The molecule has 0 unspecified atom stereocenters. The molecule has 0 fully saturated rings. The van der Waals surface area contributed by atoms with Crippen LogP contribution in [-0.2, 0) is 0 Å². The summed E-state index contributed by atoms with van der Waals surface area (Å²) in [5.41, 5.74) is 0. The van der Waals surface area contributed by atoms with Crippen molar-refractivity contribution < 1.29 is 5.11 Å². The first-order chi connectivity index (χ1) is 5.41. The van der Waals surface area contributed by atoms with E-state index in [0.29, 0.717) is 6.61 Å². The second-order valence-electron chi connectivity index (χ2n) is 2.92. The maximum absolute atomic E-state index is 8.49. The number of allylic oxidation sites excluding steroid dienone is 1. The van der Waals surface area contributed by atoms with Gasteiger partial charge in [0.15, 0.2) is 0 Å². The molecule has 0 saturated carbocycles. The van der Waals surface area contributed by atoms with Crippen LogP contribution in [0.15, 0.2) is 12.7 Å². The van der Waals surface area contributed by atoms with Crippen molar-refractivity contribution in [2.45, 2.75) is 44.9 Å². The predicted octanol–water partition coefficient (Wildman–Crippen LogP) is 3.32. The first-order valence-corrected chi connectivity index (χ1v) is 4.63. The van der Waals surface area contributed by atoms with Crippen LogP contribution in [0.3, 0.4) is 0 Å². The summed E-state index contributed by atoms with van der Waals surface area (Å²) in [5.74, 6) is 0. The normalized spacial score (nSPS) is 9.08. The minimum Gasteiger partial charge on any atom is -0.396 e. The minimum atomic E-state index is 0. The molecule has 0 aromatic heterocycles. The van der Waals surface area contributed by atoms with Gasteiger partial charge in [-0.1, -0.05) is 31.8 Å². The Morgan fingerprint density at radius 3 is 1.92 bits per heavy atom. The van der Waals surface area contributed by atoms with Crippen LogP contribution in [0.5, 0.6) is 0 Å². The Labute approximate surface area is 82.3 Å². The highest BCUT2D eigenvalue weighted by molar-refractivity contribution is 5.85. The average molecular weight is 193 g/mol. The molecule has 74 valence electrons. The van der Waals surface area contributed by atoms with Gasteiger partial charge in [-0.2, -0.15) is 0 Å². The maximum Gasteiger partial charge on any atom is 0.0431 e. The highest BCUT2D eigenvalue weighted by atomic mass is 35.5. The lowest BCUT2D eigenvalue weighted by Crippen LogP contribution is -1.83. The molecule has 2 heteroatoms. The van der Waals surface area contributed by atoms with Crippen LogP contribution in [0.25, 0.3) is 0 Å². The lowest BCUT2D eigenvalue weighted by Gasteiger charge is -1.97. The van der Waals surface area contributed by atoms with Gasteiger partial charge >= 0.3 is 0 Å². The van der Waals surface area contributed by atoms with E-state index in [-0.39, 0.29) is 12.4 Å². The fourth-order valence-corrected chi connectivity index (χ4v) is 1.11. The third-order valence-electron chi connectivity index (χ3n) is 1.82. The lowest BCUT2D eigenvalue weighted by molar-refractivity contribution is 0.282. The smallest absolute Gasteiger partial charge is 0.0431 e. The second-order valence-corrected chi connectivity index (χ2v) is 2.92. The molecule has 0 amide bonds. The third kappa shape index (κ3) is 12.6. The summed E-state index contributed by atoms with van der Waals surface area (Å²) >= 11 is 0. The molecular formula is C10H21ClO. The van der Waals surface area contributed by atoms with Gasteiger partial charge in [0.05, 0.1) is 0 Å². The van der Waals surface area contributed by atoms with Gasteiger partial charge in [-0.05, 0) is 19.3 Å². The Morgan fingerprint density at radius 2 is 1.42 bits per heavy atom. The van der Waals surface area contributed by atoms with E-state index in [1.807, 2.05) is 6.08 Å². The Bertz CT molecular complexity index is 83.9. The molecule has 0 radical (unpaired) electrons. The highest BCUT2D eigenvalue weighted by Crippen LogP contribution is 2.06. The first-order valence-electron chi connectivity index (χ1n) is 4.63. The number of hydrogen-bond acceptors (Lipinski definition) is 1. The molecule has 0 aliphatic heterocycles. The van der Waals surface area contributed by atoms with Crippen LogP contribution in [0, 0.1) is 0 Å². The van der Waals surface area contributed by atoms with Crippen molar-refractivity contribution in [3.63, 3.8) is 0 Å². The molecule has 1 N–H and O–H groups in total. The highest BCUT2D eigenvalue weighted by Gasteiger charge is 1.88. The molecule has 0 aliphatic carbocycles. The van der Waals surface area contributed by atoms with E-state index in [0.717, 1.165) is 12.8 Å². The van der Waals surface area contributed by atoms with Crippen molar-refractivity contribution in [2.24, 2.45) is 0 Å². The van der Waals surface area contributed by atoms with Gasteiger partial charge in [-0.15, -0.1) is 19.0 Å². The first kappa shape index (κ1) is 14.5. The largest absolute Gasteiger partial charge is 0.396 e. The summed E-state index contributed by atoms with van der Waals surface area (Å²) in [6, 6.07) is 0. The molecule has 12 heavy (non-hydrogen) atoms. The average Bonchev–Trinajstić information content (AvgIpc) is 2.03. The standard InChI is InChI=1S/C10H20O.ClH/c1-2-3-4-5-6-7-8-9-10-11;/h2,11H,1,3-10H2;1H. The molecule has 0 aliphatic rings. The Kier molecular flexibility index (Phi) is 16.4. The second kappa shape index (κ2) is 13.6. The van der Waals surface area contributed by atoms with Crippen molar-refractivity contribution in [3.8, 4) is 0 Å². The van der Waals surface area contributed by atoms with Gasteiger partial charge in [0, 0.05) is 6.61 Å². The molecule has 0 aromatic carbocycles. The van der Waals surface area contributed by atoms with Crippen LogP contribution in [0.2, 0.25) is 0 Å². The van der Waals surface area contributed by atoms with Crippen LogP contribution in [-0.4, -0.2) is 11.7 Å². The summed E-state index contributed by atoms with van der Waals surface area (Å²) in [7, 11) is 0. The van der Waals surface area contributed by atoms with Crippen molar-refractivity contribution in [1.29, 1.82) is 0 Å². The fourth-order valence-electron chi connectivity index (χ4n) is 1.11. The summed E-state index contributed by atoms with van der Waals surface area (Å²) in [6.07, 6.45) is 10.5. The summed E-state index contributed by atoms with van der Waals surface area (Å²) in [5, 5.41) is 8.49. The molecule has 0 atom stereocenters. The van der Waals surface area contributed by atoms with Gasteiger partial charge in [-0.3, -0.25) is 0 Å². The molecule has 0 bridgehead atoms. The van der Waals surface area contributed by atoms with Gasteiger partial charge in [0.1, 0.15) is 0 Å². The molecule has 0 spiro atoms. The summed E-state index contributed by atoms with van der Waals surface area (Å²) < 4.78 is 0. The summed E-state index contributed by atoms with van der Waals surface area (Å²) in [6.45, 7) is 4.03. The lowest BCUT2D eigenvalue weighted by atomic mass is 10.1. The van der Waals surface area contributed by atoms with Crippen molar-refractivity contribution in [2.75, 3.05) is 6.61 Å². The number of halogens is 1. The van der Waals surface area contributed by atoms with Crippen LogP contribution in [0.4, 0.5) is 0 Å². The molecule has 0 saturated heterocycles. The number of aliphatic hydroxyl groups is 1. The third-order valence-corrected chi connectivity index (χ3v) is 1.82. The SMILES string of the molecule is C=CCCCCCCCCO.Cl. The van der Waals surface area contributed by atoms with Crippen LogP contribution >= 0.6 is 12.4 Å². The van der Waals surface area contributed by atoms with Gasteiger partial charge in [0.25, 0.3) is 0 Å². The quantitative estimate of drug-likeness (QED) is 0.462.